The molecule has 0 aromatic carbocycles. The molecule has 2 N–H and O–H groups in total. The van der Waals surface area contributed by atoms with Crippen molar-refractivity contribution in [2.45, 2.75) is 32.2 Å². The van der Waals surface area contributed by atoms with E-state index >= 15 is 0 Å². The third-order valence-electron chi connectivity index (χ3n) is 3.45. The number of nitrogens with zero attached hydrogens (tertiary/aromatic N) is 1. The van der Waals surface area contributed by atoms with Gasteiger partial charge in [0.05, 0.1) is 0 Å². The molecule has 0 bridgehead atoms. The zero-order valence-electron chi connectivity index (χ0n) is 8.90. The maximum Gasteiger partial charge on any atom is 0.0416 e. The number of nitrogens with two attached hydrogens (primary N) is 1. The fourth-order valence-corrected chi connectivity index (χ4v) is 2.27. The van der Waals surface area contributed by atoms with Gasteiger partial charge in [-0.05, 0) is 42.4 Å². The number of rotatable bonds is 2. The van der Waals surface area contributed by atoms with Crippen molar-refractivity contribution in [1.29, 1.82) is 0 Å². The largest absolute Gasteiger partial charge is 0.321 e. The van der Waals surface area contributed by atoms with Crippen LogP contribution >= 0.6 is 0 Å². The Hall–Kier alpha value is -0.890. The molecule has 2 rings (SSSR count). The second-order valence-electron chi connectivity index (χ2n) is 4.80. The summed E-state index contributed by atoms with van der Waals surface area (Å²) in [6.07, 6.45) is 5.89. The van der Waals surface area contributed by atoms with Crippen molar-refractivity contribution < 1.29 is 0 Å². The summed E-state index contributed by atoms with van der Waals surface area (Å²) in [5, 5.41) is 0. The molecule has 0 spiro atoms. The van der Waals surface area contributed by atoms with Crippen LogP contribution in [0.15, 0.2) is 24.5 Å². The summed E-state index contributed by atoms with van der Waals surface area (Å²) in [4.78, 5) is 4.02. The van der Waals surface area contributed by atoms with Crippen molar-refractivity contribution in [3.8, 4) is 0 Å². The predicted molar refractivity (Wildman–Crippen MR) is 57.7 cm³/mol. The Balaban J connectivity index is 2.08. The quantitative estimate of drug-likeness (QED) is 0.777. The van der Waals surface area contributed by atoms with Crippen molar-refractivity contribution in [2.75, 3.05) is 0 Å². The molecule has 0 amide bonds. The molecule has 1 fully saturated rings. The van der Waals surface area contributed by atoms with Crippen LogP contribution in [-0.4, -0.2) is 4.98 Å². The molecule has 1 aliphatic carbocycles. The van der Waals surface area contributed by atoms with Gasteiger partial charge in [0.1, 0.15) is 0 Å². The van der Waals surface area contributed by atoms with E-state index in [-0.39, 0.29) is 5.54 Å². The zero-order valence-corrected chi connectivity index (χ0v) is 8.90. The van der Waals surface area contributed by atoms with E-state index in [4.69, 9.17) is 5.73 Å². The molecule has 2 nitrogen and oxygen atoms in total. The smallest absolute Gasteiger partial charge is 0.0416 e. The van der Waals surface area contributed by atoms with Gasteiger partial charge in [-0.2, -0.15) is 0 Å². The molecular weight excluding hydrogens is 172 g/mol. The fraction of sp³-hybridized carbons (Fsp3) is 0.583. The van der Waals surface area contributed by atoms with Gasteiger partial charge in [0, 0.05) is 17.9 Å². The maximum absolute atomic E-state index is 6.32. The van der Waals surface area contributed by atoms with E-state index in [0.29, 0.717) is 0 Å². The van der Waals surface area contributed by atoms with Gasteiger partial charge in [0.2, 0.25) is 0 Å². The molecule has 0 unspecified atom stereocenters. The Labute approximate surface area is 85.5 Å². The Morgan fingerprint density at radius 3 is 2.43 bits per heavy atom. The van der Waals surface area contributed by atoms with Crippen LogP contribution in [0.5, 0.6) is 0 Å². The highest BCUT2D eigenvalue weighted by molar-refractivity contribution is 5.24. The second kappa shape index (κ2) is 3.35. The lowest BCUT2D eigenvalue weighted by Gasteiger charge is -2.47. The normalized spacial score (nSPS) is 31.6. The van der Waals surface area contributed by atoms with Gasteiger partial charge >= 0.3 is 0 Å². The first-order valence-corrected chi connectivity index (χ1v) is 5.31. The summed E-state index contributed by atoms with van der Waals surface area (Å²) < 4.78 is 0. The molecule has 1 saturated carbocycles. The molecular formula is C12H18N2. The Kier molecular flexibility index (Phi) is 2.31. The Morgan fingerprint density at radius 1 is 1.36 bits per heavy atom. The van der Waals surface area contributed by atoms with E-state index in [1.165, 1.54) is 5.56 Å². The van der Waals surface area contributed by atoms with Crippen LogP contribution in [0.2, 0.25) is 0 Å². The molecule has 0 aliphatic heterocycles. The van der Waals surface area contributed by atoms with Gasteiger partial charge in [0.15, 0.2) is 0 Å². The summed E-state index contributed by atoms with van der Waals surface area (Å²) in [6.45, 7) is 4.55. The van der Waals surface area contributed by atoms with E-state index in [9.17, 15) is 0 Å². The monoisotopic (exact) mass is 190 g/mol. The predicted octanol–water partition coefficient (Wildman–Crippen LogP) is 2.30. The lowest BCUT2D eigenvalue weighted by Crippen LogP contribution is -2.50. The molecule has 1 aromatic heterocycles. The maximum atomic E-state index is 6.32. The topological polar surface area (TPSA) is 38.9 Å². The highest BCUT2D eigenvalue weighted by Gasteiger charge is 2.43. The second-order valence-corrected chi connectivity index (χ2v) is 4.80. The lowest BCUT2D eigenvalue weighted by atomic mass is 9.62. The van der Waals surface area contributed by atoms with Crippen molar-refractivity contribution in [3.63, 3.8) is 0 Å². The van der Waals surface area contributed by atoms with E-state index < -0.39 is 0 Å². The summed E-state index contributed by atoms with van der Waals surface area (Å²) in [6, 6.07) is 4.08. The standard InChI is InChI=1S/C12H18N2/c1-9(2)10-7-12(13,8-10)11-3-5-14-6-4-11/h3-6,9-10H,7-8,13H2,1-2H3. The van der Waals surface area contributed by atoms with Crippen LogP contribution in [0.1, 0.15) is 32.3 Å². The average Bonchev–Trinajstić information content (AvgIpc) is 2.14. The van der Waals surface area contributed by atoms with Gasteiger partial charge in [0.25, 0.3) is 0 Å². The highest BCUT2D eigenvalue weighted by atomic mass is 14.8. The SMILES string of the molecule is CC(C)C1CC(N)(c2ccncc2)C1. The molecule has 2 heteroatoms. The molecule has 76 valence electrons. The van der Waals surface area contributed by atoms with Crippen LogP contribution in [0.4, 0.5) is 0 Å². The van der Waals surface area contributed by atoms with Gasteiger partial charge < -0.3 is 5.73 Å². The molecule has 1 heterocycles. The Morgan fingerprint density at radius 2 is 1.93 bits per heavy atom. The first-order chi connectivity index (χ1) is 6.62. The van der Waals surface area contributed by atoms with Crippen LogP contribution < -0.4 is 5.73 Å². The summed E-state index contributed by atoms with van der Waals surface area (Å²) in [5.74, 6) is 1.56. The summed E-state index contributed by atoms with van der Waals surface area (Å²) in [7, 11) is 0. The van der Waals surface area contributed by atoms with E-state index in [0.717, 1.165) is 24.7 Å². The first kappa shape index (κ1) is 9.66. The van der Waals surface area contributed by atoms with Gasteiger partial charge in [-0.25, -0.2) is 0 Å². The average molecular weight is 190 g/mol. The Bertz CT molecular complexity index is 299. The molecule has 0 radical (unpaired) electrons. The van der Waals surface area contributed by atoms with Crippen LogP contribution in [0.25, 0.3) is 0 Å². The number of pyridine rings is 1. The van der Waals surface area contributed by atoms with Gasteiger partial charge in [-0.3, -0.25) is 4.98 Å². The van der Waals surface area contributed by atoms with Gasteiger partial charge in [-0.1, -0.05) is 13.8 Å². The fourth-order valence-electron chi connectivity index (χ4n) is 2.27. The zero-order chi connectivity index (χ0) is 10.2. The molecule has 1 aromatic rings. The van der Waals surface area contributed by atoms with E-state index in [1.807, 2.05) is 24.5 Å². The summed E-state index contributed by atoms with van der Waals surface area (Å²) >= 11 is 0. The summed E-state index contributed by atoms with van der Waals surface area (Å²) in [5.41, 5.74) is 7.49. The molecule has 0 atom stereocenters. The first-order valence-electron chi connectivity index (χ1n) is 5.31. The lowest BCUT2D eigenvalue weighted by molar-refractivity contribution is 0.105. The minimum Gasteiger partial charge on any atom is -0.321 e. The van der Waals surface area contributed by atoms with Crippen LogP contribution in [0, 0.1) is 11.8 Å². The van der Waals surface area contributed by atoms with E-state index in [1.54, 1.807) is 0 Å². The number of hydrogen-bond donors (Lipinski definition) is 1. The van der Waals surface area contributed by atoms with Crippen molar-refractivity contribution in [1.82, 2.24) is 4.98 Å². The third kappa shape index (κ3) is 1.55. The van der Waals surface area contributed by atoms with Crippen molar-refractivity contribution in [3.05, 3.63) is 30.1 Å². The number of hydrogen-bond acceptors (Lipinski definition) is 2. The minimum absolute atomic E-state index is 0.0716. The molecule has 0 saturated heterocycles. The van der Waals surface area contributed by atoms with E-state index in [2.05, 4.69) is 18.8 Å². The van der Waals surface area contributed by atoms with Crippen molar-refractivity contribution >= 4 is 0 Å². The van der Waals surface area contributed by atoms with Crippen LogP contribution in [0.3, 0.4) is 0 Å². The molecule has 1 aliphatic rings. The van der Waals surface area contributed by atoms with Crippen LogP contribution in [-0.2, 0) is 5.54 Å². The van der Waals surface area contributed by atoms with Gasteiger partial charge in [-0.15, -0.1) is 0 Å². The number of aromatic nitrogens is 1. The molecule has 14 heavy (non-hydrogen) atoms. The minimum atomic E-state index is -0.0716. The van der Waals surface area contributed by atoms with Crippen molar-refractivity contribution in [2.24, 2.45) is 17.6 Å². The highest BCUT2D eigenvalue weighted by Crippen LogP contribution is 2.46. The third-order valence-corrected chi connectivity index (χ3v) is 3.45.